The number of aliphatic hydroxyl groups is 1. The fourth-order valence-electron chi connectivity index (χ4n) is 1.84. The van der Waals surface area contributed by atoms with Gasteiger partial charge >= 0.3 is 0 Å². The van der Waals surface area contributed by atoms with Crippen molar-refractivity contribution in [3.05, 3.63) is 16.7 Å². The van der Waals surface area contributed by atoms with Crippen LogP contribution in [0.4, 0.5) is 5.82 Å². The molecule has 2 heterocycles. The molecule has 0 aliphatic carbocycles. The maximum absolute atomic E-state index is 8.97. The summed E-state index contributed by atoms with van der Waals surface area (Å²) in [6.07, 6.45) is 1.83. The van der Waals surface area contributed by atoms with Gasteiger partial charge in [0.05, 0.1) is 5.39 Å². The van der Waals surface area contributed by atoms with Gasteiger partial charge in [-0.2, -0.15) is 0 Å². The SMILES string of the molecule is CCC(CCO)CNc1nc(Cl)nc2sccc12. The molecule has 0 radical (unpaired) electrons. The largest absolute Gasteiger partial charge is 0.396 e. The first-order valence-electron chi connectivity index (χ1n) is 6.00. The van der Waals surface area contributed by atoms with E-state index in [0.717, 1.165) is 35.4 Å². The Morgan fingerprint density at radius 3 is 3.06 bits per heavy atom. The van der Waals surface area contributed by atoms with Crippen LogP contribution >= 0.6 is 22.9 Å². The van der Waals surface area contributed by atoms with Crippen molar-refractivity contribution in [1.29, 1.82) is 0 Å². The number of aromatic nitrogens is 2. The molecule has 2 aromatic rings. The lowest BCUT2D eigenvalue weighted by Crippen LogP contribution is -2.15. The van der Waals surface area contributed by atoms with Gasteiger partial charge in [-0.15, -0.1) is 11.3 Å². The minimum absolute atomic E-state index is 0.221. The highest BCUT2D eigenvalue weighted by molar-refractivity contribution is 7.16. The molecular formula is C12H16ClN3OS. The van der Waals surface area contributed by atoms with Crippen molar-refractivity contribution in [3.8, 4) is 0 Å². The van der Waals surface area contributed by atoms with E-state index in [1.165, 1.54) is 0 Å². The van der Waals surface area contributed by atoms with Crippen LogP contribution in [-0.4, -0.2) is 28.2 Å². The first kappa shape index (κ1) is 13.5. The van der Waals surface area contributed by atoms with Gasteiger partial charge in [0.25, 0.3) is 0 Å². The maximum atomic E-state index is 8.97. The molecular weight excluding hydrogens is 270 g/mol. The summed E-state index contributed by atoms with van der Waals surface area (Å²) in [7, 11) is 0. The number of aliphatic hydroxyl groups excluding tert-OH is 1. The van der Waals surface area contributed by atoms with E-state index in [1.54, 1.807) is 11.3 Å². The van der Waals surface area contributed by atoms with E-state index >= 15 is 0 Å². The van der Waals surface area contributed by atoms with Gasteiger partial charge in [-0.25, -0.2) is 9.97 Å². The smallest absolute Gasteiger partial charge is 0.225 e. The number of fused-ring (bicyclic) bond motifs is 1. The highest BCUT2D eigenvalue weighted by Gasteiger charge is 2.10. The molecule has 0 aromatic carbocycles. The zero-order chi connectivity index (χ0) is 13.0. The van der Waals surface area contributed by atoms with Gasteiger partial charge < -0.3 is 10.4 Å². The number of nitrogens with zero attached hydrogens (tertiary/aromatic N) is 2. The van der Waals surface area contributed by atoms with Crippen molar-refractivity contribution >= 4 is 39.0 Å². The van der Waals surface area contributed by atoms with E-state index in [0.29, 0.717) is 5.92 Å². The number of rotatable bonds is 6. The average molecular weight is 286 g/mol. The van der Waals surface area contributed by atoms with Crippen LogP contribution in [0, 0.1) is 5.92 Å². The highest BCUT2D eigenvalue weighted by Crippen LogP contribution is 2.26. The fourth-order valence-corrected chi connectivity index (χ4v) is 2.82. The molecule has 0 aliphatic heterocycles. The first-order valence-corrected chi connectivity index (χ1v) is 7.25. The zero-order valence-electron chi connectivity index (χ0n) is 10.2. The summed E-state index contributed by atoms with van der Waals surface area (Å²) < 4.78 is 0. The second-order valence-corrected chi connectivity index (χ2v) is 5.38. The van der Waals surface area contributed by atoms with Crippen LogP contribution in [0.5, 0.6) is 0 Å². The lowest BCUT2D eigenvalue weighted by atomic mass is 10.0. The van der Waals surface area contributed by atoms with Gasteiger partial charge in [0.1, 0.15) is 10.6 Å². The van der Waals surface area contributed by atoms with Crippen LogP contribution in [0.3, 0.4) is 0 Å². The monoisotopic (exact) mass is 285 g/mol. The summed E-state index contributed by atoms with van der Waals surface area (Å²) in [5, 5.41) is 15.5. The van der Waals surface area contributed by atoms with Crippen molar-refractivity contribution in [3.63, 3.8) is 0 Å². The number of nitrogens with one attached hydrogen (secondary N) is 1. The Balaban J connectivity index is 2.13. The van der Waals surface area contributed by atoms with Crippen LogP contribution in [0.15, 0.2) is 11.4 Å². The van der Waals surface area contributed by atoms with E-state index in [1.807, 2.05) is 11.4 Å². The summed E-state index contributed by atoms with van der Waals surface area (Å²) in [4.78, 5) is 9.30. The number of hydrogen-bond donors (Lipinski definition) is 2. The average Bonchev–Trinajstić information content (AvgIpc) is 2.82. The Kier molecular flexibility index (Phi) is 4.74. The molecule has 4 nitrogen and oxygen atoms in total. The zero-order valence-corrected chi connectivity index (χ0v) is 11.8. The van der Waals surface area contributed by atoms with Crippen LogP contribution in [-0.2, 0) is 0 Å². The third kappa shape index (κ3) is 3.10. The van der Waals surface area contributed by atoms with Gasteiger partial charge in [0.15, 0.2) is 0 Å². The molecule has 6 heteroatoms. The Labute approximate surface area is 115 Å². The van der Waals surface area contributed by atoms with Gasteiger partial charge in [-0.05, 0) is 35.4 Å². The third-order valence-corrected chi connectivity index (χ3v) is 3.95. The Morgan fingerprint density at radius 2 is 2.33 bits per heavy atom. The van der Waals surface area contributed by atoms with Crippen LogP contribution < -0.4 is 5.32 Å². The standard InChI is InChI=1S/C12H16ClN3OS/c1-2-8(3-5-17)7-14-10-9-4-6-18-11(9)16-12(13)15-10/h4,6,8,17H,2-3,5,7H2,1H3,(H,14,15,16). The van der Waals surface area contributed by atoms with Gasteiger partial charge in [0, 0.05) is 13.2 Å². The molecule has 0 bridgehead atoms. The maximum Gasteiger partial charge on any atom is 0.225 e. The molecule has 98 valence electrons. The van der Waals surface area contributed by atoms with E-state index < -0.39 is 0 Å². The lowest BCUT2D eigenvalue weighted by molar-refractivity contribution is 0.258. The van der Waals surface area contributed by atoms with Crippen LogP contribution in [0.25, 0.3) is 10.2 Å². The molecule has 1 atom stereocenters. The molecule has 2 N–H and O–H groups in total. The molecule has 0 aliphatic rings. The van der Waals surface area contributed by atoms with E-state index in [4.69, 9.17) is 16.7 Å². The van der Waals surface area contributed by atoms with E-state index in [2.05, 4.69) is 22.2 Å². The van der Waals surface area contributed by atoms with Crippen LogP contribution in [0.2, 0.25) is 5.28 Å². The molecule has 0 amide bonds. The second-order valence-electron chi connectivity index (χ2n) is 4.15. The number of thiophene rings is 1. The number of halogens is 1. The van der Waals surface area contributed by atoms with Crippen molar-refractivity contribution in [2.75, 3.05) is 18.5 Å². The predicted molar refractivity (Wildman–Crippen MR) is 76.4 cm³/mol. The Bertz CT molecular complexity index is 517. The summed E-state index contributed by atoms with van der Waals surface area (Å²) in [6, 6.07) is 1.99. The number of anilines is 1. The molecule has 18 heavy (non-hydrogen) atoms. The topological polar surface area (TPSA) is 58.0 Å². The molecule has 0 saturated heterocycles. The second kappa shape index (κ2) is 6.31. The summed E-state index contributed by atoms with van der Waals surface area (Å²) in [6.45, 7) is 3.13. The first-order chi connectivity index (χ1) is 8.74. The quantitative estimate of drug-likeness (QED) is 0.801. The minimum Gasteiger partial charge on any atom is -0.396 e. The summed E-state index contributed by atoms with van der Waals surface area (Å²) in [5.41, 5.74) is 0. The van der Waals surface area contributed by atoms with Gasteiger partial charge in [0.2, 0.25) is 5.28 Å². The van der Waals surface area contributed by atoms with Crippen molar-refractivity contribution in [2.45, 2.75) is 19.8 Å². The Morgan fingerprint density at radius 1 is 1.50 bits per heavy atom. The molecule has 2 rings (SSSR count). The third-order valence-electron chi connectivity index (χ3n) is 2.97. The Hall–Kier alpha value is -0.910. The highest BCUT2D eigenvalue weighted by atomic mass is 35.5. The molecule has 0 spiro atoms. The lowest BCUT2D eigenvalue weighted by Gasteiger charge is -2.15. The molecule has 0 fully saturated rings. The van der Waals surface area contributed by atoms with E-state index in [9.17, 15) is 0 Å². The van der Waals surface area contributed by atoms with Crippen LogP contribution in [0.1, 0.15) is 19.8 Å². The van der Waals surface area contributed by atoms with Crippen molar-refractivity contribution in [2.24, 2.45) is 5.92 Å². The normalized spacial score (nSPS) is 12.8. The van der Waals surface area contributed by atoms with E-state index in [-0.39, 0.29) is 11.9 Å². The minimum atomic E-state index is 0.221. The molecule has 1 unspecified atom stereocenters. The van der Waals surface area contributed by atoms with Crippen molar-refractivity contribution < 1.29 is 5.11 Å². The van der Waals surface area contributed by atoms with Gasteiger partial charge in [-0.3, -0.25) is 0 Å². The number of hydrogen-bond acceptors (Lipinski definition) is 5. The molecule has 0 saturated carbocycles. The fraction of sp³-hybridized carbons (Fsp3) is 0.500. The predicted octanol–water partition coefficient (Wildman–Crippen LogP) is 3.17. The van der Waals surface area contributed by atoms with Gasteiger partial charge in [-0.1, -0.05) is 13.3 Å². The molecule has 2 aromatic heterocycles. The van der Waals surface area contributed by atoms with Crippen molar-refractivity contribution in [1.82, 2.24) is 9.97 Å². The summed E-state index contributed by atoms with van der Waals surface area (Å²) >= 11 is 7.45. The summed E-state index contributed by atoms with van der Waals surface area (Å²) in [5.74, 6) is 1.22.